The molecule has 2 saturated carbocycles. The summed E-state index contributed by atoms with van der Waals surface area (Å²) in [5.74, 6) is 0.505. The molecule has 0 aromatic carbocycles. The van der Waals surface area contributed by atoms with Crippen molar-refractivity contribution in [2.24, 2.45) is 0 Å². The van der Waals surface area contributed by atoms with E-state index >= 15 is 0 Å². The van der Waals surface area contributed by atoms with Gasteiger partial charge in [-0.15, -0.1) is 0 Å². The Morgan fingerprint density at radius 2 is 1.30 bits per heavy atom. The molecule has 0 aromatic rings. The quantitative estimate of drug-likeness (QED) is 0.692. The third-order valence-corrected chi connectivity index (χ3v) is 5.58. The number of hydrogen-bond donors (Lipinski definition) is 1. The molecule has 4 nitrogen and oxygen atoms in total. The third-order valence-electron chi connectivity index (χ3n) is 5.58. The van der Waals surface area contributed by atoms with Gasteiger partial charge in [0.2, 0.25) is 0 Å². The smallest absolute Gasteiger partial charge is 0.136 e. The summed E-state index contributed by atoms with van der Waals surface area (Å²) >= 11 is 0. The summed E-state index contributed by atoms with van der Waals surface area (Å²) in [7, 11) is 0. The minimum Gasteiger partial charge on any atom is -0.313 e. The Hall–Kier alpha value is -1.00. The van der Waals surface area contributed by atoms with Crippen molar-refractivity contribution >= 4 is 11.6 Å². The van der Waals surface area contributed by atoms with Crippen molar-refractivity contribution in [3.05, 3.63) is 12.2 Å². The molecule has 2 aliphatic carbocycles. The lowest BCUT2D eigenvalue weighted by atomic mass is 9.66. The van der Waals surface area contributed by atoms with Crippen molar-refractivity contribution in [1.29, 1.82) is 0 Å². The normalized spacial score (nSPS) is 30.1. The fraction of sp³-hybridized carbons (Fsp3) is 0.750. The molecule has 0 amide bonds. The number of Topliss-reactive ketones (excluding diaryl/α,β-unsaturated/α-hetero) is 2. The van der Waals surface area contributed by atoms with E-state index in [4.69, 9.17) is 0 Å². The van der Waals surface area contributed by atoms with Crippen molar-refractivity contribution in [2.45, 2.75) is 75.3 Å². The van der Waals surface area contributed by atoms with Gasteiger partial charge in [0.05, 0.1) is 11.1 Å². The molecule has 0 aromatic heterocycles. The summed E-state index contributed by atoms with van der Waals surface area (Å²) in [4.78, 5) is 23.8. The van der Waals surface area contributed by atoms with Crippen LogP contribution in [0.1, 0.15) is 64.2 Å². The SMILES string of the molecule is C=C1CCC2(CC1)CC(=O)CC1(CCC(=O)CC1)N2O. The molecule has 2 spiro atoms. The number of carbonyl (C=O) groups is 2. The van der Waals surface area contributed by atoms with Crippen molar-refractivity contribution in [3.8, 4) is 0 Å². The van der Waals surface area contributed by atoms with E-state index in [1.54, 1.807) is 0 Å². The van der Waals surface area contributed by atoms with Gasteiger partial charge in [-0.2, -0.15) is 5.06 Å². The van der Waals surface area contributed by atoms with E-state index in [-0.39, 0.29) is 11.6 Å². The lowest BCUT2D eigenvalue weighted by Gasteiger charge is -2.56. The summed E-state index contributed by atoms with van der Waals surface area (Å²) in [5.41, 5.74) is 0.327. The molecule has 0 bridgehead atoms. The van der Waals surface area contributed by atoms with Crippen molar-refractivity contribution in [1.82, 2.24) is 5.06 Å². The molecule has 4 heteroatoms. The van der Waals surface area contributed by atoms with Crippen molar-refractivity contribution < 1.29 is 14.8 Å². The summed E-state index contributed by atoms with van der Waals surface area (Å²) in [5, 5.41) is 12.4. The van der Waals surface area contributed by atoms with Crippen LogP contribution in [0, 0.1) is 0 Å². The number of allylic oxidation sites excluding steroid dienone is 1. The predicted octanol–water partition coefficient (Wildman–Crippen LogP) is 2.79. The third kappa shape index (κ3) is 2.15. The molecule has 0 radical (unpaired) electrons. The Kier molecular flexibility index (Phi) is 3.33. The maximum atomic E-state index is 12.3. The number of carbonyl (C=O) groups excluding carboxylic acids is 2. The first-order chi connectivity index (χ1) is 9.46. The molecule has 0 unspecified atom stereocenters. The average Bonchev–Trinajstić information content (AvgIpc) is 2.43. The average molecular weight is 277 g/mol. The zero-order valence-electron chi connectivity index (χ0n) is 12.0. The molecule has 20 heavy (non-hydrogen) atoms. The Labute approximate surface area is 119 Å². The molecule has 3 aliphatic rings. The van der Waals surface area contributed by atoms with Gasteiger partial charge in [0, 0.05) is 25.7 Å². The molecule has 3 fully saturated rings. The fourth-order valence-corrected chi connectivity index (χ4v) is 4.29. The van der Waals surface area contributed by atoms with Crippen molar-refractivity contribution in [3.63, 3.8) is 0 Å². The molecular weight excluding hydrogens is 254 g/mol. The van der Waals surface area contributed by atoms with Crippen LogP contribution in [-0.4, -0.2) is 32.9 Å². The van der Waals surface area contributed by atoms with Gasteiger partial charge in [-0.25, -0.2) is 0 Å². The van der Waals surface area contributed by atoms with Crippen LogP contribution in [0.3, 0.4) is 0 Å². The Bertz CT molecular complexity index is 408. The summed E-state index contributed by atoms with van der Waals surface area (Å²) in [6, 6.07) is 0. The van der Waals surface area contributed by atoms with Gasteiger partial charge in [-0.05, 0) is 38.5 Å². The van der Waals surface area contributed by atoms with E-state index in [1.165, 1.54) is 10.6 Å². The van der Waals surface area contributed by atoms with Crippen LogP contribution in [0.4, 0.5) is 0 Å². The van der Waals surface area contributed by atoms with Gasteiger partial charge < -0.3 is 5.21 Å². The van der Waals surface area contributed by atoms with Crippen LogP contribution in [0.5, 0.6) is 0 Å². The molecule has 110 valence electrons. The number of hydrogen-bond acceptors (Lipinski definition) is 4. The number of nitrogens with zero attached hydrogens (tertiary/aromatic N) is 1. The number of rotatable bonds is 0. The van der Waals surface area contributed by atoms with Gasteiger partial charge in [-0.3, -0.25) is 9.59 Å². The summed E-state index contributed by atoms with van der Waals surface area (Å²) in [6.45, 7) is 4.02. The van der Waals surface area contributed by atoms with E-state index in [0.29, 0.717) is 38.5 Å². The molecule has 1 heterocycles. The zero-order chi connectivity index (χ0) is 14.4. The highest BCUT2D eigenvalue weighted by atomic mass is 16.5. The fourth-order valence-electron chi connectivity index (χ4n) is 4.29. The van der Waals surface area contributed by atoms with Crippen LogP contribution < -0.4 is 0 Å². The highest BCUT2D eigenvalue weighted by molar-refractivity contribution is 5.84. The Balaban J connectivity index is 1.87. The van der Waals surface area contributed by atoms with Gasteiger partial charge in [0.1, 0.15) is 11.6 Å². The standard InChI is InChI=1S/C16H23NO3/c1-12-2-6-15(7-3-12)10-14(19)11-16(17(15)20)8-4-13(18)5-9-16/h20H,1-11H2. The highest BCUT2D eigenvalue weighted by Gasteiger charge is 2.55. The van der Waals surface area contributed by atoms with Gasteiger partial charge >= 0.3 is 0 Å². The molecule has 1 aliphatic heterocycles. The van der Waals surface area contributed by atoms with Gasteiger partial charge in [-0.1, -0.05) is 12.2 Å². The molecule has 3 rings (SSSR count). The van der Waals surface area contributed by atoms with Gasteiger partial charge in [0.15, 0.2) is 0 Å². The van der Waals surface area contributed by atoms with Gasteiger partial charge in [0.25, 0.3) is 0 Å². The zero-order valence-corrected chi connectivity index (χ0v) is 12.0. The second-order valence-corrected chi connectivity index (χ2v) is 6.94. The number of ketones is 2. The van der Waals surface area contributed by atoms with Crippen molar-refractivity contribution in [2.75, 3.05) is 0 Å². The Morgan fingerprint density at radius 1 is 0.850 bits per heavy atom. The lowest BCUT2D eigenvalue weighted by Crippen LogP contribution is -2.65. The van der Waals surface area contributed by atoms with Crippen LogP contribution in [0.2, 0.25) is 0 Å². The largest absolute Gasteiger partial charge is 0.313 e. The first-order valence-electron chi connectivity index (χ1n) is 7.65. The van der Waals surface area contributed by atoms with E-state index in [2.05, 4.69) is 6.58 Å². The van der Waals surface area contributed by atoms with Crippen LogP contribution in [0.15, 0.2) is 12.2 Å². The topological polar surface area (TPSA) is 57.6 Å². The molecule has 1 saturated heterocycles. The molecule has 1 N–H and O–H groups in total. The lowest BCUT2D eigenvalue weighted by molar-refractivity contribution is -0.267. The van der Waals surface area contributed by atoms with E-state index in [1.807, 2.05) is 0 Å². The minimum atomic E-state index is -0.484. The second kappa shape index (κ2) is 4.78. The van der Waals surface area contributed by atoms with Crippen LogP contribution in [-0.2, 0) is 9.59 Å². The first kappa shape index (κ1) is 14.0. The second-order valence-electron chi connectivity index (χ2n) is 6.94. The van der Waals surface area contributed by atoms with Crippen LogP contribution in [0.25, 0.3) is 0 Å². The summed E-state index contributed by atoms with van der Waals surface area (Å²) < 4.78 is 0. The van der Waals surface area contributed by atoms with E-state index in [0.717, 1.165) is 25.7 Å². The summed E-state index contributed by atoms with van der Waals surface area (Å²) in [6.07, 6.45) is 6.48. The minimum absolute atomic E-state index is 0.247. The maximum Gasteiger partial charge on any atom is 0.136 e. The monoisotopic (exact) mass is 277 g/mol. The maximum absolute atomic E-state index is 12.3. The predicted molar refractivity (Wildman–Crippen MR) is 74.4 cm³/mol. The van der Waals surface area contributed by atoms with E-state index < -0.39 is 11.1 Å². The number of hydroxylamine groups is 2. The highest BCUT2D eigenvalue weighted by Crippen LogP contribution is 2.49. The van der Waals surface area contributed by atoms with Crippen LogP contribution >= 0.6 is 0 Å². The molecule has 0 atom stereocenters. The number of piperidine rings is 1. The first-order valence-corrected chi connectivity index (χ1v) is 7.65. The van der Waals surface area contributed by atoms with E-state index in [9.17, 15) is 14.8 Å². The molecular formula is C16H23NO3. The Morgan fingerprint density at radius 3 is 1.80 bits per heavy atom.